The monoisotopic (exact) mass is 452 g/mol. The first-order chi connectivity index (χ1) is 9.93. The molecule has 3 rings (SSSR count). The van der Waals surface area contributed by atoms with Crippen LogP contribution in [-0.4, -0.2) is 11.7 Å². The maximum atomic E-state index is 6.75. The SMILES string of the molecule is C=[N-].[CH-]=C.[Ir+3].[c-]1cc2ccccc2cc1-c1ccccn1. The number of nitrogens with zero attached hydrogens (tertiary/aromatic N) is 2. The number of aromatic nitrogens is 1. The Morgan fingerprint density at radius 3 is 2.19 bits per heavy atom. The van der Waals surface area contributed by atoms with Gasteiger partial charge in [-0.25, -0.2) is 6.72 Å². The minimum Gasteiger partial charge on any atom is -0.817 e. The summed E-state index contributed by atoms with van der Waals surface area (Å²) in [6.07, 6.45) is 1.80. The molecule has 2 nitrogen and oxygen atoms in total. The van der Waals surface area contributed by atoms with E-state index in [0.717, 1.165) is 11.3 Å². The van der Waals surface area contributed by atoms with Gasteiger partial charge in [-0.2, -0.15) is 0 Å². The van der Waals surface area contributed by atoms with Crippen LogP contribution in [0.2, 0.25) is 0 Å². The van der Waals surface area contributed by atoms with Crippen molar-refractivity contribution in [1.82, 2.24) is 4.98 Å². The summed E-state index contributed by atoms with van der Waals surface area (Å²) in [5, 5.41) is 9.18. The smallest absolute Gasteiger partial charge is 0.817 e. The molecule has 0 N–H and O–H groups in total. The van der Waals surface area contributed by atoms with Crippen LogP contribution in [0.25, 0.3) is 27.4 Å². The number of hydrogen-bond donors (Lipinski definition) is 0. The Morgan fingerprint density at radius 2 is 1.57 bits per heavy atom. The first-order valence-electron chi connectivity index (χ1n) is 5.98. The average molecular weight is 452 g/mol. The molecule has 0 saturated carbocycles. The van der Waals surface area contributed by atoms with Crippen molar-refractivity contribution in [2.75, 3.05) is 0 Å². The van der Waals surface area contributed by atoms with Gasteiger partial charge in [0, 0.05) is 6.20 Å². The molecule has 0 unspecified atom stereocenters. The molecule has 0 spiro atoms. The van der Waals surface area contributed by atoms with E-state index in [0.29, 0.717) is 0 Å². The van der Waals surface area contributed by atoms with E-state index >= 15 is 0 Å². The van der Waals surface area contributed by atoms with Crippen molar-refractivity contribution in [2.24, 2.45) is 0 Å². The largest absolute Gasteiger partial charge is 3.00 e. The molecule has 106 valence electrons. The van der Waals surface area contributed by atoms with Crippen LogP contribution in [0.3, 0.4) is 0 Å². The molecular weight excluding hydrogens is 436 g/mol. The zero-order chi connectivity index (χ0) is 14.8. The summed E-state index contributed by atoms with van der Waals surface area (Å²) in [6.45, 7) is 9.25. The molecule has 0 bridgehead atoms. The minimum absolute atomic E-state index is 0. The van der Waals surface area contributed by atoms with Gasteiger partial charge in [0.1, 0.15) is 0 Å². The van der Waals surface area contributed by atoms with E-state index in [1.807, 2.05) is 36.4 Å². The molecule has 1 aromatic heterocycles. The van der Waals surface area contributed by atoms with Gasteiger partial charge in [0.05, 0.1) is 0 Å². The second-order valence-electron chi connectivity index (χ2n) is 3.69. The summed E-state index contributed by atoms with van der Waals surface area (Å²) in [7, 11) is 0. The van der Waals surface area contributed by atoms with Gasteiger partial charge in [0.2, 0.25) is 0 Å². The Kier molecular flexibility index (Phi) is 9.61. The summed E-state index contributed by atoms with van der Waals surface area (Å²) in [6, 6.07) is 21.6. The standard InChI is InChI=1S/C15H10N.C2H3.CH2N.Ir/c1-2-6-13-11-14(9-8-12(13)5-1)15-7-3-4-10-16-15;2*1-2;/h1-8,10-11H;1H,2H2;1H2;/q3*-1;+3. The number of hydrogen-bond acceptors (Lipinski definition) is 1. The van der Waals surface area contributed by atoms with E-state index in [4.69, 9.17) is 5.41 Å². The van der Waals surface area contributed by atoms with Gasteiger partial charge in [0.25, 0.3) is 0 Å². The Labute approximate surface area is 139 Å². The van der Waals surface area contributed by atoms with E-state index in [1.165, 1.54) is 10.8 Å². The summed E-state index contributed by atoms with van der Waals surface area (Å²) < 4.78 is 0. The molecule has 3 aromatic rings. The van der Waals surface area contributed by atoms with Gasteiger partial charge >= 0.3 is 20.1 Å². The summed E-state index contributed by atoms with van der Waals surface area (Å²) in [4.78, 5) is 4.32. The van der Waals surface area contributed by atoms with Gasteiger partial charge in [-0.15, -0.1) is 29.1 Å². The Hall–Kier alpha value is -2.09. The quantitative estimate of drug-likeness (QED) is 0.395. The first kappa shape index (κ1) is 18.9. The molecule has 0 aliphatic rings. The number of pyridine rings is 1. The van der Waals surface area contributed by atoms with E-state index in [1.54, 1.807) is 6.20 Å². The maximum Gasteiger partial charge on any atom is 3.00 e. The predicted molar refractivity (Wildman–Crippen MR) is 86.4 cm³/mol. The third-order valence-electron chi connectivity index (χ3n) is 2.62. The molecule has 21 heavy (non-hydrogen) atoms. The van der Waals surface area contributed by atoms with E-state index < -0.39 is 0 Å². The van der Waals surface area contributed by atoms with E-state index in [2.05, 4.69) is 49.1 Å². The number of rotatable bonds is 1. The van der Waals surface area contributed by atoms with E-state index in [-0.39, 0.29) is 20.1 Å². The predicted octanol–water partition coefficient (Wildman–Crippen LogP) is 4.56. The molecule has 0 radical (unpaired) electrons. The maximum absolute atomic E-state index is 6.75. The fraction of sp³-hybridized carbons (Fsp3) is 0. The Balaban J connectivity index is 0.000000741. The average Bonchev–Trinajstić information content (AvgIpc) is 2.59. The molecule has 1 heterocycles. The van der Waals surface area contributed by atoms with Crippen LogP contribution >= 0.6 is 0 Å². The van der Waals surface area contributed by atoms with Crippen LogP contribution in [0.1, 0.15) is 0 Å². The van der Waals surface area contributed by atoms with E-state index in [9.17, 15) is 0 Å². The van der Waals surface area contributed by atoms with Gasteiger partial charge in [-0.05, 0) is 11.8 Å². The molecule has 0 fully saturated rings. The van der Waals surface area contributed by atoms with Gasteiger partial charge < -0.3 is 17.0 Å². The first-order valence-corrected chi connectivity index (χ1v) is 5.98. The second-order valence-corrected chi connectivity index (χ2v) is 3.69. The second kappa shape index (κ2) is 10.7. The number of fused-ring (bicyclic) bond motifs is 1. The van der Waals surface area contributed by atoms with Crippen molar-refractivity contribution in [3.63, 3.8) is 0 Å². The molecular formula is C18H15IrN2. The molecule has 3 heteroatoms. The topological polar surface area (TPSA) is 35.2 Å². The van der Waals surface area contributed by atoms with Gasteiger partial charge in [-0.3, -0.25) is 6.58 Å². The molecule has 0 saturated heterocycles. The van der Waals surface area contributed by atoms with Gasteiger partial charge in [-0.1, -0.05) is 41.8 Å². The normalized spacial score (nSPS) is 8.38. The third kappa shape index (κ3) is 5.07. The number of benzene rings is 2. The van der Waals surface area contributed by atoms with Crippen molar-refractivity contribution >= 4 is 17.5 Å². The molecule has 0 amide bonds. The van der Waals surface area contributed by atoms with Crippen LogP contribution in [-0.2, 0) is 20.1 Å². The van der Waals surface area contributed by atoms with Crippen molar-refractivity contribution in [2.45, 2.75) is 0 Å². The van der Waals surface area contributed by atoms with Crippen LogP contribution in [0, 0.1) is 12.6 Å². The molecule has 0 aliphatic heterocycles. The Morgan fingerprint density at radius 1 is 0.952 bits per heavy atom. The van der Waals surface area contributed by atoms with Crippen LogP contribution in [0.15, 0.2) is 67.4 Å². The Bertz CT molecular complexity index is 651. The van der Waals surface area contributed by atoms with Crippen LogP contribution in [0.5, 0.6) is 0 Å². The minimum atomic E-state index is 0. The molecule has 2 aromatic carbocycles. The van der Waals surface area contributed by atoms with Crippen molar-refractivity contribution in [3.8, 4) is 11.3 Å². The van der Waals surface area contributed by atoms with Crippen molar-refractivity contribution < 1.29 is 20.1 Å². The van der Waals surface area contributed by atoms with Gasteiger partial charge in [0.15, 0.2) is 0 Å². The molecule has 0 aliphatic carbocycles. The molecule has 0 atom stereocenters. The van der Waals surface area contributed by atoms with Crippen LogP contribution < -0.4 is 0 Å². The van der Waals surface area contributed by atoms with Crippen molar-refractivity contribution in [1.29, 1.82) is 0 Å². The summed E-state index contributed by atoms with van der Waals surface area (Å²) >= 11 is 0. The third-order valence-corrected chi connectivity index (χ3v) is 2.62. The van der Waals surface area contributed by atoms with Crippen molar-refractivity contribution in [3.05, 3.63) is 85.4 Å². The summed E-state index contributed by atoms with van der Waals surface area (Å²) in [5.41, 5.74) is 2.01. The summed E-state index contributed by atoms with van der Waals surface area (Å²) in [5.74, 6) is 0. The van der Waals surface area contributed by atoms with Crippen LogP contribution in [0.4, 0.5) is 0 Å². The fourth-order valence-electron chi connectivity index (χ4n) is 1.80. The fourth-order valence-corrected chi connectivity index (χ4v) is 1.80. The zero-order valence-electron chi connectivity index (χ0n) is 11.5. The zero-order valence-corrected chi connectivity index (χ0v) is 13.9.